The van der Waals surface area contributed by atoms with Crippen LogP contribution >= 0.6 is 0 Å². The van der Waals surface area contributed by atoms with E-state index >= 15 is 0 Å². The lowest BCUT2D eigenvalue weighted by molar-refractivity contribution is 0.445. The second-order valence-electron chi connectivity index (χ2n) is 12.2. The molecule has 2 atom stereocenters. The van der Waals surface area contributed by atoms with Gasteiger partial charge in [0.15, 0.2) is 0 Å². The van der Waals surface area contributed by atoms with Crippen molar-refractivity contribution in [3.63, 3.8) is 0 Å². The maximum absolute atomic E-state index is 7.07. The summed E-state index contributed by atoms with van der Waals surface area (Å²) < 4.78 is 14.1. The SMILES string of the molecule is C=C(C)[C@H]1CCC(C)=C[C@@H]1c1c(O[Si](C)(C)CCC)cc(CCCCC)cc1O[Si](C)(C)CCC. The molecule has 1 aliphatic carbocycles. The molecule has 35 heavy (non-hydrogen) atoms. The van der Waals surface area contributed by atoms with E-state index in [2.05, 4.69) is 85.6 Å². The lowest BCUT2D eigenvalue weighted by Gasteiger charge is -2.36. The average molecular weight is 515 g/mol. The molecule has 0 spiro atoms. The lowest BCUT2D eigenvalue weighted by atomic mass is 9.73. The monoisotopic (exact) mass is 514 g/mol. The van der Waals surface area contributed by atoms with E-state index in [-0.39, 0.29) is 5.92 Å². The molecule has 0 unspecified atom stereocenters. The van der Waals surface area contributed by atoms with Crippen LogP contribution in [0.1, 0.15) is 96.6 Å². The zero-order valence-electron chi connectivity index (χ0n) is 24.5. The summed E-state index contributed by atoms with van der Waals surface area (Å²) in [5.74, 6) is 2.90. The fourth-order valence-electron chi connectivity index (χ4n) is 5.68. The number of allylic oxidation sites excluding steroid dienone is 3. The zero-order chi connectivity index (χ0) is 26.2. The first kappa shape index (κ1) is 30.0. The molecule has 0 bridgehead atoms. The van der Waals surface area contributed by atoms with Crippen LogP contribution in [0.4, 0.5) is 0 Å². The summed E-state index contributed by atoms with van der Waals surface area (Å²) in [6.45, 7) is 25.2. The molecule has 1 aliphatic rings. The van der Waals surface area contributed by atoms with Gasteiger partial charge in [-0.1, -0.05) is 70.3 Å². The predicted octanol–water partition coefficient (Wildman–Crippen LogP) is 10.4. The van der Waals surface area contributed by atoms with Crippen LogP contribution in [0.25, 0.3) is 0 Å². The van der Waals surface area contributed by atoms with Gasteiger partial charge in [0.1, 0.15) is 11.5 Å². The summed E-state index contributed by atoms with van der Waals surface area (Å²) in [5, 5.41) is 0. The molecule has 1 aromatic rings. The van der Waals surface area contributed by atoms with Gasteiger partial charge in [0, 0.05) is 11.5 Å². The highest BCUT2D eigenvalue weighted by Crippen LogP contribution is 2.48. The van der Waals surface area contributed by atoms with Gasteiger partial charge in [0.2, 0.25) is 16.6 Å². The van der Waals surface area contributed by atoms with Crippen molar-refractivity contribution in [1.82, 2.24) is 0 Å². The van der Waals surface area contributed by atoms with Crippen LogP contribution in [0.2, 0.25) is 38.3 Å². The number of rotatable bonds is 14. The third-order valence-corrected chi connectivity index (χ3v) is 12.4. The average Bonchev–Trinajstić information content (AvgIpc) is 2.72. The van der Waals surface area contributed by atoms with E-state index in [9.17, 15) is 0 Å². The standard InChI is InChI=1S/C31H54O2Si2/c1-11-14-15-16-26-22-29(32-34(7,8)19-12-2)31(30(23-26)33-35(9,10)20-13-3)28-21-25(6)17-18-27(28)24(4)5/h21-23,27-28H,4,11-20H2,1-3,5-10H3/t27-,28+/m1/s1. The summed E-state index contributed by atoms with van der Waals surface area (Å²) >= 11 is 0. The molecule has 2 nitrogen and oxygen atoms in total. The largest absolute Gasteiger partial charge is 0.544 e. The molecule has 1 aromatic carbocycles. The van der Waals surface area contributed by atoms with Crippen LogP contribution in [0.3, 0.4) is 0 Å². The van der Waals surface area contributed by atoms with Crippen molar-refractivity contribution >= 4 is 16.6 Å². The third kappa shape index (κ3) is 8.96. The van der Waals surface area contributed by atoms with Gasteiger partial charge in [-0.2, -0.15) is 0 Å². The van der Waals surface area contributed by atoms with E-state index in [1.54, 1.807) is 0 Å². The number of unbranched alkanes of at least 4 members (excludes halogenated alkanes) is 2. The van der Waals surface area contributed by atoms with E-state index in [0.29, 0.717) is 5.92 Å². The molecule has 2 rings (SSSR count). The fraction of sp³-hybridized carbons (Fsp3) is 0.677. The molecule has 0 amide bonds. The lowest BCUT2D eigenvalue weighted by Crippen LogP contribution is -2.36. The van der Waals surface area contributed by atoms with E-state index < -0.39 is 16.6 Å². The van der Waals surface area contributed by atoms with Crippen molar-refractivity contribution in [3.05, 3.63) is 47.1 Å². The van der Waals surface area contributed by atoms with Crippen LogP contribution in [-0.2, 0) is 6.42 Å². The highest BCUT2D eigenvalue weighted by atomic mass is 28.4. The summed E-state index contributed by atoms with van der Waals surface area (Å²) in [6.07, 6.45) is 12.0. The van der Waals surface area contributed by atoms with Crippen LogP contribution in [0.15, 0.2) is 35.9 Å². The molecular formula is C31H54O2Si2. The van der Waals surface area contributed by atoms with Crippen molar-refractivity contribution in [2.24, 2.45) is 5.92 Å². The van der Waals surface area contributed by atoms with Crippen LogP contribution in [0, 0.1) is 5.92 Å². The normalized spacial score (nSPS) is 18.8. The first-order chi connectivity index (χ1) is 16.4. The number of aryl methyl sites for hydroxylation is 1. The molecule has 198 valence electrons. The summed E-state index contributed by atoms with van der Waals surface area (Å²) in [7, 11) is -3.70. The summed E-state index contributed by atoms with van der Waals surface area (Å²) in [5.41, 5.74) is 5.42. The minimum absolute atomic E-state index is 0.272. The molecule has 0 saturated heterocycles. The van der Waals surface area contributed by atoms with Gasteiger partial charge in [-0.3, -0.25) is 0 Å². The Kier molecular flexibility index (Phi) is 11.4. The van der Waals surface area contributed by atoms with Crippen molar-refractivity contribution in [3.8, 4) is 11.5 Å². The Hall–Kier alpha value is -1.27. The molecule has 0 aromatic heterocycles. The minimum Gasteiger partial charge on any atom is -0.544 e. The van der Waals surface area contributed by atoms with E-state index in [0.717, 1.165) is 30.8 Å². The van der Waals surface area contributed by atoms with Crippen LogP contribution in [0.5, 0.6) is 11.5 Å². The van der Waals surface area contributed by atoms with Gasteiger partial charge < -0.3 is 8.85 Å². The molecule has 0 N–H and O–H groups in total. The minimum atomic E-state index is -1.85. The molecule has 0 heterocycles. The molecule has 0 aliphatic heterocycles. The van der Waals surface area contributed by atoms with E-state index in [1.165, 1.54) is 66.5 Å². The summed E-state index contributed by atoms with van der Waals surface area (Å²) in [4.78, 5) is 0. The molecular weight excluding hydrogens is 461 g/mol. The number of hydrogen-bond donors (Lipinski definition) is 0. The predicted molar refractivity (Wildman–Crippen MR) is 160 cm³/mol. The van der Waals surface area contributed by atoms with Gasteiger partial charge in [-0.05, 0) is 101 Å². The van der Waals surface area contributed by atoms with Crippen molar-refractivity contribution < 1.29 is 8.85 Å². The second-order valence-corrected chi connectivity index (χ2v) is 20.7. The topological polar surface area (TPSA) is 18.5 Å². The Morgan fingerprint density at radius 2 is 1.46 bits per heavy atom. The Labute approximate surface area is 219 Å². The van der Waals surface area contributed by atoms with Crippen molar-refractivity contribution in [2.75, 3.05) is 0 Å². The Morgan fingerprint density at radius 1 is 0.914 bits per heavy atom. The highest BCUT2D eigenvalue weighted by molar-refractivity contribution is 6.72. The quantitative estimate of drug-likeness (QED) is 0.140. The number of hydrogen-bond acceptors (Lipinski definition) is 2. The molecule has 0 radical (unpaired) electrons. The van der Waals surface area contributed by atoms with Gasteiger partial charge >= 0.3 is 0 Å². The zero-order valence-corrected chi connectivity index (χ0v) is 26.5. The third-order valence-electron chi connectivity index (χ3n) is 7.42. The van der Waals surface area contributed by atoms with Gasteiger partial charge in [0.05, 0.1) is 0 Å². The van der Waals surface area contributed by atoms with Crippen LogP contribution < -0.4 is 8.85 Å². The molecule has 0 fully saturated rings. The molecule has 0 saturated carbocycles. The Bertz CT molecular complexity index is 828. The van der Waals surface area contributed by atoms with Gasteiger partial charge in [-0.25, -0.2) is 0 Å². The Morgan fingerprint density at radius 3 is 1.91 bits per heavy atom. The van der Waals surface area contributed by atoms with E-state index in [4.69, 9.17) is 8.85 Å². The highest BCUT2D eigenvalue weighted by Gasteiger charge is 2.35. The van der Waals surface area contributed by atoms with Crippen LogP contribution in [-0.4, -0.2) is 16.6 Å². The van der Waals surface area contributed by atoms with Gasteiger partial charge in [0.25, 0.3) is 0 Å². The molecule has 4 heteroatoms. The fourth-order valence-corrected chi connectivity index (χ4v) is 9.82. The van der Waals surface area contributed by atoms with Crippen molar-refractivity contribution in [1.29, 1.82) is 0 Å². The maximum atomic E-state index is 7.07. The van der Waals surface area contributed by atoms with Crippen molar-refractivity contribution in [2.45, 2.75) is 130 Å². The second kappa shape index (κ2) is 13.3. The number of benzene rings is 1. The van der Waals surface area contributed by atoms with E-state index in [1.807, 2.05) is 0 Å². The first-order valence-electron chi connectivity index (χ1n) is 14.3. The Balaban J connectivity index is 2.74. The summed E-state index contributed by atoms with van der Waals surface area (Å²) in [6, 6.07) is 7.10. The van der Waals surface area contributed by atoms with Gasteiger partial charge in [-0.15, -0.1) is 0 Å². The maximum Gasteiger partial charge on any atom is 0.245 e. The first-order valence-corrected chi connectivity index (χ1v) is 20.5. The smallest absolute Gasteiger partial charge is 0.245 e.